The van der Waals surface area contributed by atoms with Crippen LogP contribution in [0.3, 0.4) is 0 Å². The average molecular weight is 530 g/mol. The highest BCUT2D eigenvalue weighted by Gasteiger charge is 2.31. The number of nitrogens with zero attached hydrogens (tertiary/aromatic N) is 4. The van der Waals surface area contributed by atoms with Crippen LogP contribution in [-0.2, 0) is 4.74 Å². The molecule has 0 radical (unpaired) electrons. The number of aromatic nitrogens is 3. The fourth-order valence-corrected chi connectivity index (χ4v) is 4.29. The Morgan fingerprint density at radius 3 is 2.65 bits per heavy atom. The molecule has 0 spiro atoms. The molecule has 2 aromatic heterocycles. The van der Waals surface area contributed by atoms with Gasteiger partial charge >= 0.3 is 6.09 Å². The SMILES string of the molecule is CC(C)(C)OC(=O)N1CC[C@H](Oc2ccc3ncnc(Nc4ccc(OC5CCC5)c(Cl)c4F)c3n2)C1. The van der Waals surface area contributed by atoms with Crippen molar-refractivity contribution in [3.05, 3.63) is 41.4 Å². The van der Waals surface area contributed by atoms with Crippen molar-refractivity contribution < 1.29 is 23.4 Å². The van der Waals surface area contributed by atoms with Crippen LogP contribution in [0.4, 0.5) is 20.7 Å². The summed E-state index contributed by atoms with van der Waals surface area (Å²) in [6.07, 6.45) is 4.49. The third-order valence-electron chi connectivity index (χ3n) is 6.19. The van der Waals surface area contributed by atoms with Crippen LogP contribution in [0.5, 0.6) is 11.6 Å². The summed E-state index contributed by atoms with van der Waals surface area (Å²) < 4.78 is 32.3. The molecule has 1 saturated carbocycles. The highest BCUT2D eigenvalue weighted by atomic mass is 35.5. The van der Waals surface area contributed by atoms with Crippen molar-refractivity contribution in [3.63, 3.8) is 0 Å². The number of pyridine rings is 1. The number of benzene rings is 1. The molecule has 1 aromatic carbocycles. The van der Waals surface area contributed by atoms with Crippen molar-refractivity contribution in [2.24, 2.45) is 0 Å². The predicted octanol–water partition coefficient (Wildman–Crippen LogP) is 5.88. The Labute approximate surface area is 219 Å². The molecule has 1 atom stereocenters. The Balaban J connectivity index is 1.31. The Bertz CT molecular complexity index is 1310. The highest BCUT2D eigenvalue weighted by Crippen LogP contribution is 2.36. The van der Waals surface area contributed by atoms with Crippen LogP contribution >= 0.6 is 11.6 Å². The number of likely N-dealkylation sites (tertiary alicyclic amines) is 1. The quantitative estimate of drug-likeness (QED) is 0.422. The van der Waals surface area contributed by atoms with Gasteiger partial charge in [0.05, 0.1) is 23.9 Å². The highest BCUT2D eigenvalue weighted by molar-refractivity contribution is 6.32. The lowest BCUT2D eigenvalue weighted by atomic mass is 9.96. The Morgan fingerprint density at radius 1 is 1.11 bits per heavy atom. The molecule has 3 aromatic rings. The number of carbonyl (C=O) groups excluding carboxylic acids is 1. The minimum absolute atomic E-state index is 0.0805. The van der Waals surface area contributed by atoms with Gasteiger partial charge in [-0.05, 0) is 58.2 Å². The van der Waals surface area contributed by atoms with Crippen molar-refractivity contribution in [1.82, 2.24) is 19.9 Å². The van der Waals surface area contributed by atoms with Crippen molar-refractivity contribution in [3.8, 4) is 11.6 Å². The van der Waals surface area contributed by atoms with E-state index in [1.807, 2.05) is 20.8 Å². The number of ether oxygens (including phenoxy) is 3. The minimum atomic E-state index is -0.633. The summed E-state index contributed by atoms with van der Waals surface area (Å²) in [5.74, 6) is 0.350. The topological polar surface area (TPSA) is 98.7 Å². The van der Waals surface area contributed by atoms with E-state index in [0.717, 1.165) is 19.3 Å². The van der Waals surface area contributed by atoms with Gasteiger partial charge < -0.3 is 24.4 Å². The molecule has 9 nitrogen and oxygen atoms in total. The smallest absolute Gasteiger partial charge is 0.410 e. The molecule has 0 unspecified atom stereocenters. The van der Waals surface area contributed by atoms with Crippen molar-refractivity contribution >= 4 is 40.2 Å². The molecule has 11 heteroatoms. The lowest BCUT2D eigenvalue weighted by Gasteiger charge is -2.27. The Kier molecular flexibility index (Phi) is 6.94. The van der Waals surface area contributed by atoms with Crippen LogP contribution in [-0.4, -0.2) is 56.8 Å². The van der Waals surface area contributed by atoms with Crippen LogP contribution in [0.25, 0.3) is 11.0 Å². The van der Waals surface area contributed by atoms with Gasteiger partial charge in [0.1, 0.15) is 34.3 Å². The Hall–Kier alpha value is -3.40. The summed E-state index contributed by atoms with van der Waals surface area (Å²) in [7, 11) is 0. The molecular formula is C26H29ClFN5O4. The fraction of sp³-hybridized carbons (Fsp3) is 0.462. The number of nitrogens with one attached hydrogen (secondary N) is 1. The summed E-state index contributed by atoms with van der Waals surface area (Å²) in [6.45, 7) is 6.42. The maximum Gasteiger partial charge on any atom is 0.410 e. The summed E-state index contributed by atoms with van der Waals surface area (Å²) in [5, 5.41) is 2.89. The molecule has 5 rings (SSSR count). The molecule has 0 bridgehead atoms. The number of carbonyl (C=O) groups is 1. The first-order valence-electron chi connectivity index (χ1n) is 12.3. The molecule has 1 aliphatic carbocycles. The van der Waals surface area contributed by atoms with Crippen LogP contribution in [0, 0.1) is 5.82 Å². The number of amides is 1. The number of hydrogen-bond acceptors (Lipinski definition) is 8. The van der Waals surface area contributed by atoms with Gasteiger partial charge in [0.15, 0.2) is 11.6 Å². The van der Waals surface area contributed by atoms with Crippen molar-refractivity contribution in [2.75, 3.05) is 18.4 Å². The summed E-state index contributed by atoms with van der Waals surface area (Å²) in [5.41, 5.74) is 0.547. The molecule has 1 N–H and O–H groups in total. The van der Waals surface area contributed by atoms with Crippen molar-refractivity contribution in [2.45, 2.75) is 64.3 Å². The third kappa shape index (κ3) is 5.79. The lowest BCUT2D eigenvalue weighted by Crippen LogP contribution is -2.36. The molecule has 1 amide bonds. The first-order valence-corrected chi connectivity index (χ1v) is 12.7. The van der Waals surface area contributed by atoms with E-state index in [1.54, 1.807) is 29.2 Å². The van der Waals surface area contributed by atoms with Crippen LogP contribution < -0.4 is 14.8 Å². The average Bonchev–Trinajstić information content (AvgIpc) is 3.28. The molecule has 1 aliphatic heterocycles. The predicted molar refractivity (Wildman–Crippen MR) is 137 cm³/mol. The van der Waals surface area contributed by atoms with E-state index >= 15 is 4.39 Å². The maximum absolute atomic E-state index is 15.1. The number of hydrogen-bond donors (Lipinski definition) is 1. The van der Waals surface area contributed by atoms with E-state index in [2.05, 4.69) is 20.3 Å². The van der Waals surface area contributed by atoms with E-state index in [0.29, 0.717) is 48.0 Å². The normalized spacial score (nSPS) is 18.0. The number of halogens is 2. The molecule has 2 aliphatic rings. The Morgan fingerprint density at radius 2 is 1.92 bits per heavy atom. The molecule has 37 heavy (non-hydrogen) atoms. The monoisotopic (exact) mass is 529 g/mol. The van der Waals surface area contributed by atoms with Crippen molar-refractivity contribution in [1.29, 1.82) is 0 Å². The van der Waals surface area contributed by atoms with Gasteiger partial charge in [-0.3, -0.25) is 0 Å². The third-order valence-corrected chi connectivity index (χ3v) is 6.54. The van der Waals surface area contributed by atoms with Gasteiger partial charge in [0.25, 0.3) is 0 Å². The van der Waals surface area contributed by atoms with Crippen LogP contribution in [0.2, 0.25) is 5.02 Å². The van der Waals surface area contributed by atoms with E-state index in [9.17, 15) is 4.79 Å². The second-order valence-corrected chi connectivity index (χ2v) is 10.6. The van der Waals surface area contributed by atoms with E-state index < -0.39 is 11.4 Å². The molecule has 3 heterocycles. The summed E-state index contributed by atoms with van der Waals surface area (Å²) in [6, 6.07) is 6.67. The second-order valence-electron chi connectivity index (χ2n) is 10.2. The minimum Gasteiger partial charge on any atom is -0.489 e. The standard InChI is InChI=1S/C26H29ClFN5O4/c1-26(2,3)37-25(34)33-12-11-16(13-33)36-20-10-8-18-23(32-20)24(30-14-29-18)31-17-7-9-19(21(27)22(17)28)35-15-5-4-6-15/h7-10,14-16H,4-6,11-13H2,1-3H3,(H,29,30,31)/t16-/m0/s1. The number of anilines is 2. The van der Waals surface area contributed by atoms with E-state index in [4.69, 9.17) is 25.8 Å². The number of fused-ring (bicyclic) bond motifs is 1. The van der Waals surface area contributed by atoms with E-state index in [1.165, 1.54) is 6.33 Å². The lowest BCUT2D eigenvalue weighted by molar-refractivity contribution is 0.0275. The van der Waals surface area contributed by atoms with E-state index in [-0.39, 0.29) is 29.0 Å². The first kappa shape index (κ1) is 25.3. The molecule has 1 saturated heterocycles. The van der Waals surface area contributed by atoms with Gasteiger partial charge in [-0.1, -0.05) is 11.6 Å². The van der Waals surface area contributed by atoms with Gasteiger partial charge in [-0.15, -0.1) is 0 Å². The van der Waals surface area contributed by atoms with Crippen LogP contribution in [0.15, 0.2) is 30.6 Å². The zero-order valence-electron chi connectivity index (χ0n) is 21.0. The van der Waals surface area contributed by atoms with Gasteiger partial charge in [0, 0.05) is 19.0 Å². The van der Waals surface area contributed by atoms with Gasteiger partial charge in [-0.2, -0.15) is 0 Å². The largest absolute Gasteiger partial charge is 0.489 e. The summed E-state index contributed by atoms with van der Waals surface area (Å²) in [4.78, 5) is 27.1. The summed E-state index contributed by atoms with van der Waals surface area (Å²) >= 11 is 6.25. The molecule has 196 valence electrons. The maximum atomic E-state index is 15.1. The number of rotatable bonds is 6. The second kappa shape index (κ2) is 10.2. The zero-order chi connectivity index (χ0) is 26.2. The van der Waals surface area contributed by atoms with Gasteiger partial charge in [-0.25, -0.2) is 24.1 Å². The fourth-order valence-electron chi connectivity index (χ4n) is 4.08. The molecular weight excluding hydrogens is 501 g/mol. The van der Waals surface area contributed by atoms with Crippen LogP contribution in [0.1, 0.15) is 46.5 Å². The first-order chi connectivity index (χ1) is 17.7. The van der Waals surface area contributed by atoms with Gasteiger partial charge in [0.2, 0.25) is 5.88 Å². The molecule has 2 fully saturated rings. The zero-order valence-corrected chi connectivity index (χ0v) is 21.7.